The second-order valence-corrected chi connectivity index (χ2v) is 8.00. The Hall–Kier alpha value is -2.92. The number of thiophene rings is 1. The summed E-state index contributed by atoms with van der Waals surface area (Å²) in [5.74, 6) is 1.97. The van der Waals surface area contributed by atoms with E-state index in [4.69, 9.17) is 9.72 Å². The number of nitrogens with zero attached hydrogens (tertiary/aromatic N) is 1. The molecule has 0 fully saturated rings. The summed E-state index contributed by atoms with van der Waals surface area (Å²) in [4.78, 5) is 21.2. The van der Waals surface area contributed by atoms with Crippen LogP contribution in [0.15, 0.2) is 58.7 Å². The van der Waals surface area contributed by atoms with Crippen LogP contribution in [0.25, 0.3) is 21.3 Å². The van der Waals surface area contributed by atoms with Gasteiger partial charge < -0.3 is 9.72 Å². The van der Waals surface area contributed by atoms with Gasteiger partial charge >= 0.3 is 0 Å². The van der Waals surface area contributed by atoms with Crippen molar-refractivity contribution in [2.45, 2.75) is 26.2 Å². The summed E-state index contributed by atoms with van der Waals surface area (Å²) >= 11 is 1.51. The molecule has 2 heterocycles. The minimum Gasteiger partial charge on any atom is -0.497 e. The Morgan fingerprint density at radius 3 is 2.43 bits per heavy atom. The third-order valence-corrected chi connectivity index (χ3v) is 5.78. The van der Waals surface area contributed by atoms with Crippen LogP contribution >= 0.6 is 11.3 Å². The molecule has 0 unspecified atom stereocenters. The van der Waals surface area contributed by atoms with E-state index in [2.05, 4.69) is 43.1 Å². The van der Waals surface area contributed by atoms with Gasteiger partial charge in [0.15, 0.2) is 0 Å². The minimum absolute atomic E-state index is 0.0855. The molecule has 5 heteroatoms. The minimum atomic E-state index is -0.0855. The summed E-state index contributed by atoms with van der Waals surface area (Å²) < 4.78 is 5.19. The predicted molar refractivity (Wildman–Crippen MR) is 116 cm³/mol. The number of aromatic nitrogens is 2. The van der Waals surface area contributed by atoms with Gasteiger partial charge in [-0.1, -0.05) is 50.2 Å². The van der Waals surface area contributed by atoms with Crippen molar-refractivity contribution in [2.24, 2.45) is 0 Å². The molecule has 142 valence electrons. The van der Waals surface area contributed by atoms with Crippen LogP contribution in [0.2, 0.25) is 0 Å². The van der Waals surface area contributed by atoms with Gasteiger partial charge in [0, 0.05) is 17.4 Å². The van der Waals surface area contributed by atoms with Crippen molar-refractivity contribution in [3.8, 4) is 16.9 Å². The van der Waals surface area contributed by atoms with Crippen molar-refractivity contribution >= 4 is 21.6 Å². The molecule has 0 saturated carbocycles. The van der Waals surface area contributed by atoms with Crippen LogP contribution in [0.4, 0.5) is 0 Å². The number of ether oxygens (including phenoxy) is 1. The highest BCUT2D eigenvalue weighted by Gasteiger charge is 2.13. The molecule has 4 nitrogen and oxygen atoms in total. The topological polar surface area (TPSA) is 55.0 Å². The van der Waals surface area contributed by atoms with Gasteiger partial charge in [-0.05, 0) is 34.7 Å². The van der Waals surface area contributed by atoms with Crippen LogP contribution < -0.4 is 10.3 Å². The van der Waals surface area contributed by atoms with Gasteiger partial charge in [0.05, 0.1) is 12.5 Å². The van der Waals surface area contributed by atoms with Gasteiger partial charge in [-0.2, -0.15) is 0 Å². The van der Waals surface area contributed by atoms with Crippen molar-refractivity contribution in [1.29, 1.82) is 0 Å². The zero-order valence-corrected chi connectivity index (χ0v) is 17.0. The van der Waals surface area contributed by atoms with E-state index in [0.29, 0.717) is 23.5 Å². The van der Waals surface area contributed by atoms with E-state index in [1.165, 1.54) is 16.9 Å². The van der Waals surface area contributed by atoms with E-state index in [1.54, 1.807) is 7.11 Å². The lowest BCUT2D eigenvalue weighted by Crippen LogP contribution is -2.11. The Balaban J connectivity index is 1.68. The summed E-state index contributed by atoms with van der Waals surface area (Å²) in [5.41, 5.74) is 4.27. The molecule has 0 atom stereocenters. The van der Waals surface area contributed by atoms with Crippen LogP contribution in [0.1, 0.15) is 36.7 Å². The van der Waals surface area contributed by atoms with E-state index >= 15 is 0 Å². The third kappa shape index (κ3) is 3.58. The zero-order chi connectivity index (χ0) is 19.7. The molecule has 0 aliphatic carbocycles. The first kappa shape index (κ1) is 18.4. The van der Waals surface area contributed by atoms with Crippen molar-refractivity contribution < 1.29 is 4.74 Å². The Kier molecular flexibility index (Phi) is 5.01. The SMILES string of the molecule is COc1ccc(Cc2nc3scc(-c4ccc(C(C)C)cc4)c3c(=O)[nH]2)cc1. The fourth-order valence-corrected chi connectivity index (χ4v) is 4.24. The van der Waals surface area contributed by atoms with Crippen LogP contribution in [-0.2, 0) is 6.42 Å². The smallest absolute Gasteiger partial charge is 0.260 e. The summed E-state index contributed by atoms with van der Waals surface area (Å²) in [6.07, 6.45) is 0.575. The number of hydrogen-bond acceptors (Lipinski definition) is 4. The average molecular weight is 391 g/mol. The van der Waals surface area contributed by atoms with Crippen LogP contribution in [-0.4, -0.2) is 17.1 Å². The van der Waals surface area contributed by atoms with Crippen LogP contribution in [0, 0.1) is 0 Å². The lowest BCUT2D eigenvalue weighted by atomic mass is 9.99. The average Bonchev–Trinajstić information content (AvgIpc) is 3.13. The Morgan fingerprint density at radius 2 is 1.79 bits per heavy atom. The van der Waals surface area contributed by atoms with Gasteiger partial charge in [0.2, 0.25) is 0 Å². The monoisotopic (exact) mass is 390 g/mol. The molecule has 0 bridgehead atoms. The molecular weight excluding hydrogens is 368 g/mol. The molecule has 28 heavy (non-hydrogen) atoms. The first-order chi connectivity index (χ1) is 13.5. The normalized spacial score (nSPS) is 11.3. The van der Waals surface area contributed by atoms with Gasteiger partial charge in [-0.25, -0.2) is 4.98 Å². The van der Waals surface area contributed by atoms with Gasteiger partial charge in [-0.3, -0.25) is 4.79 Å². The molecule has 1 N–H and O–H groups in total. The molecule has 0 radical (unpaired) electrons. The van der Waals surface area contributed by atoms with E-state index in [0.717, 1.165) is 27.3 Å². The summed E-state index contributed by atoms with van der Waals surface area (Å²) in [6, 6.07) is 16.2. The molecule has 0 aliphatic rings. The van der Waals surface area contributed by atoms with Crippen LogP contribution in [0.5, 0.6) is 5.75 Å². The maximum atomic E-state index is 12.8. The second kappa shape index (κ2) is 7.60. The Morgan fingerprint density at radius 1 is 1.07 bits per heavy atom. The predicted octanol–water partition coefficient (Wildman–Crippen LogP) is 5.37. The number of aromatic amines is 1. The van der Waals surface area contributed by atoms with E-state index in [9.17, 15) is 4.79 Å². The number of nitrogens with one attached hydrogen (secondary N) is 1. The Labute approximate surface area is 167 Å². The van der Waals surface area contributed by atoms with Crippen molar-refractivity contribution in [3.63, 3.8) is 0 Å². The van der Waals surface area contributed by atoms with Crippen molar-refractivity contribution in [1.82, 2.24) is 9.97 Å². The number of benzene rings is 2. The lowest BCUT2D eigenvalue weighted by molar-refractivity contribution is 0.414. The molecular formula is C23H22N2O2S. The van der Waals surface area contributed by atoms with E-state index < -0.39 is 0 Å². The highest BCUT2D eigenvalue weighted by atomic mass is 32.1. The maximum absolute atomic E-state index is 12.8. The van der Waals surface area contributed by atoms with E-state index in [-0.39, 0.29) is 5.56 Å². The summed E-state index contributed by atoms with van der Waals surface area (Å²) in [6.45, 7) is 4.35. The lowest BCUT2D eigenvalue weighted by Gasteiger charge is -2.07. The summed E-state index contributed by atoms with van der Waals surface area (Å²) in [7, 11) is 1.65. The molecule has 0 aliphatic heterocycles. The molecule has 2 aromatic heterocycles. The van der Waals surface area contributed by atoms with Gasteiger partial charge in [0.25, 0.3) is 5.56 Å². The van der Waals surface area contributed by atoms with Crippen molar-refractivity contribution in [3.05, 3.63) is 81.2 Å². The molecule has 4 rings (SSSR count). The number of hydrogen-bond donors (Lipinski definition) is 1. The molecule has 4 aromatic rings. The molecule has 0 saturated heterocycles. The number of H-pyrrole nitrogens is 1. The largest absolute Gasteiger partial charge is 0.497 e. The van der Waals surface area contributed by atoms with Crippen molar-refractivity contribution in [2.75, 3.05) is 7.11 Å². The van der Waals surface area contributed by atoms with Crippen LogP contribution in [0.3, 0.4) is 0 Å². The quantitative estimate of drug-likeness (QED) is 0.498. The molecule has 0 amide bonds. The zero-order valence-electron chi connectivity index (χ0n) is 16.2. The first-order valence-corrected chi connectivity index (χ1v) is 10.2. The first-order valence-electron chi connectivity index (χ1n) is 9.29. The number of rotatable bonds is 5. The summed E-state index contributed by atoms with van der Waals surface area (Å²) in [5, 5.41) is 2.69. The van der Waals surface area contributed by atoms with E-state index in [1.807, 2.05) is 29.6 Å². The standard InChI is InChI=1S/C23H22N2O2S/c1-14(2)16-6-8-17(9-7-16)19-13-28-23-21(19)22(26)24-20(25-23)12-15-4-10-18(27-3)11-5-15/h4-11,13-14H,12H2,1-3H3,(H,24,25,26). The van der Waals surface area contributed by atoms with Gasteiger partial charge in [0.1, 0.15) is 16.4 Å². The molecule has 2 aromatic carbocycles. The third-order valence-electron chi connectivity index (χ3n) is 4.91. The molecule has 0 spiro atoms. The Bertz CT molecular complexity index is 1160. The number of fused-ring (bicyclic) bond motifs is 1. The highest BCUT2D eigenvalue weighted by Crippen LogP contribution is 2.31. The fraction of sp³-hybridized carbons (Fsp3) is 0.217. The highest BCUT2D eigenvalue weighted by molar-refractivity contribution is 7.17. The fourth-order valence-electron chi connectivity index (χ4n) is 3.27. The van der Waals surface area contributed by atoms with Gasteiger partial charge in [-0.15, -0.1) is 11.3 Å². The number of methoxy groups -OCH3 is 1. The second-order valence-electron chi connectivity index (χ2n) is 7.14. The maximum Gasteiger partial charge on any atom is 0.260 e.